The van der Waals surface area contributed by atoms with E-state index in [-0.39, 0.29) is 12.3 Å². The number of benzene rings is 1. The van der Waals surface area contributed by atoms with Crippen LogP contribution in [0.25, 0.3) is 0 Å². The summed E-state index contributed by atoms with van der Waals surface area (Å²) >= 11 is 0. The molecule has 3 rings (SSSR count). The Kier molecular flexibility index (Phi) is 7.37. The molecule has 2 aliphatic heterocycles. The van der Waals surface area contributed by atoms with Gasteiger partial charge in [0.15, 0.2) is 5.79 Å². The van der Waals surface area contributed by atoms with E-state index in [1.54, 1.807) is 6.08 Å². The van der Waals surface area contributed by atoms with E-state index in [0.717, 1.165) is 5.56 Å². The molecular formula is C23H28O12. The summed E-state index contributed by atoms with van der Waals surface area (Å²) in [6.45, 7) is 1.46. The molecule has 7 atom stereocenters. The molecule has 2 saturated heterocycles. The Morgan fingerprint density at radius 1 is 1.06 bits per heavy atom. The van der Waals surface area contributed by atoms with Crippen molar-refractivity contribution in [1.29, 1.82) is 0 Å². The first-order valence-corrected chi connectivity index (χ1v) is 10.9. The molecule has 7 N–H and O–H groups in total. The van der Waals surface area contributed by atoms with Crippen LogP contribution in [0.2, 0.25) is 0 Å². The van der Waals surface area contributed by atoms with Crippen LogP contribution >= 0.6 is 0 Å². The highest BCUT2D eigenvalue weighted by atomic mass is 16.8. The maximum Gasteiger partial charge on any atom is 0.343 e. The van der Waals surface area contributed by atoms with E-state index < -0.39 is 66.2 Å². The number of aliphatic hydroxyl groups is 4. The minimum absolute atomic E-state index is 0.0497. The average Bonchev–Trinajstić information content (AvgIpc) is 3.00. The third-order valence-corrected chi connectivity index (χ3v) is 6.55. The molecule has 12 heteroatoms. The van der Waals surface area contributed by atoms with Gasteiger partial charge in [0.1, 0.15) is 12.2 Å². The SMILES string of the molecule is CC(/C=C(\CO)CC[C@@]12O[C@H](C(=O)O)[C@@](O)(C(=O)O)[C@@](C(=O)O)(O1)[C@H](O)[C@H]2O)Cc1ccccc1. The smallest absolute Gasteiger partial charge is 0.343 e. The van der Waals surface area contributed by atoms with E-state index in [1.807, 2.05) is 37.3 Å². The van der Waals surface area contributed by atoms with Crippen molar-refractivity contribution in [3.05, 3.63) is 47.5 Å². The molecule has 1 aromatic rings. The minimum Gasteiger partial charge on any atom is -0.479 e. The Bertz CT molecular complexity index is 1010. The molecule has 192 valence electrons. The van der Waals surface area contributed by atoms with Gasteiger partial charge in [-0.15, -0.1) is 0 Å². The van der Waals surface area contributed by atoms with Gasteiger partial charge in [0, 0.05) is 6.42 Å². The molecule has 2 aliphatic rings. The summed E-state index contributed by atoms with van der Waals surface area (Å²) < 4.78 is 10.5. The standard InChI is InChI=1S/C23H28O12/c1-12(9-13-5-3-2-4-6-13)10-14(11-24)7-8-21-15(25)16(26)23(35-21,20(31)32)22(33,19(29)30)17(34-21)18(27)28/h2-6,10,12,15-17,24-26,33H,7-9,11H2,1H3,(H,27,28)(H,29,30)(H,31,32)/b14-10-/t12?,15-,16-,17-,21-,22-,23-/m1/s1. The summed E-state index contributed by atoms with van der Waals surface area (Å²) in [7, 11) is 0. The van der Waals surface area contributed by atoms with Gasteiger partial charge in [0.2, 0.25) is 17.3 Å². The monoisotopic (exact) mass is 496 g/mol. The molecule has 0 amide bonds. The zero-order valence-electron chi connectivity index (χ0n) is 18.8. The van der Waals surface area contributed by atoms with E-state index in [0.29, 0.717) is 12.0 Å². The summed E-state index contributed by atoms with van der Waals surface area (Å²) in [5.74, 6) is -9.10. The average molecular weight is 496 g/mol. The topological polar surface area (TPSA) is 211 Å². The van der Waals surface area contributed by atoms with E-state index in [2.05, 4.69) is 0 Å². The molecule has 12 nitrogen and oxygen atoms in total. The van der Waals surface area contributed by atoms with E-state index in [9.17, 15) is 50.1 Å². The quantitative estimate of drug-likeness (QED) is 0.197. The van der Waals surface area contributed by atoms with Crippen molar-refractivity contribution < 1.29 is 59.6 Å². The first kappa shape index (κ1) is 26.7. The Morgan fingerprint density at radius 3 is 2.20 bits per heavy atom. The molecule has 2 heterocycles. The van der Waals surface area contributed by atoms with Crippen LogP contribution < -0.4 is 0 Å². The van der Waals surface area contributed by atoms with E-state index in [1.165, 1.54) is 0 Å². The largest absolute Gasteiger partial charge is 0.479 e. The van der Waals surface area contributed by atoms with Gasteiger partial charge in [0.25, 0.3) is 0 Å². The molecule has 0 aliphatic carbocycles. The predicted molar refractivity (Wildman–Crippen MR) is 115 cm³/mol. The van der Waals surface area contributed by atoms with Crippen molar-refractivity contribution in [2.75, 3.05) is 6.61 Å². The highest BCUT2D eigenvalue weighted by Crippen LogP contribution is 2.54. The molecule has 1 unspecified atom stereocenters. The van der Waals surface area contributed by atoms with Crippen molar-refractivity contribution in [3.63, 3.8) is 0 Å². The van der Waals surface area contributed by atoms with Gasteiger partial charge in [-0.05, 0) is 29.9 Å². The van der Waals surface area contributed by atoms with Gasteiger partial charge in [-0.1, -0.05) is 43.3 Å². The lowest BCUT2D eigenvalue weighted by Crippen LogP contribution is -2.77. The zero-order chi connectivity index (χ0) is 26.2. The summed E-state index contributed by atoms with van der Waals surface area (Å²) in [4.78, 5) is 35.8. The van der Waals surface area contributed by atoms with Crippen LogP contribution in [0.4, 0.5) is 0 Å². The van der Waals surface area contributed by atoms with Crippen LogP contribution in [-0.4, -0.2) is 95.6 Å². The number of carboxylic acid groups (broad SMARTS) is 3. The highest BCUT2D eigenvalue weighted by Gasteiger charge is 2.84. The van der Waals surface area contributed by atoms with Gasteiger partial charge < -0.3 is 45.2 Å². The lowest BCUT2D eigenvalue weighted by atomic mass is 9.74. The molecule has 2 fully saturated rings. The van der Waals surface area contributed by atoms with Crippen LogP contribution in [0, 0.1) is 5.92 Å². The molecule has 35 heavy (non-hydrogen) atoms. The van der Waals surface area contributed by atoms with Crippen molar-refractivity contribution >= 4 is 17.9 Å². The van der Waals surface area contributed by atoms with Crippen LogP contribution in [0.3, 0.4) is 0 Å². The number of allylic oxidation sites excluding steroid dienone is 1. The fourth-order valence-corrected chi connectivity index (χ4v) is 4.82. The van der Waals surface area contributed by atoms with Gasteiger partial charge in [0.05, 0.1) is 6.61 Å². The molecule has 0 aromatic heterocycles. The third-order valence-electron chi connectivity index (χ3n) is 6.55. The fourth-order valence-electron chi connectivity index (χ4n) is 4.82. The molecular weight excluding hydrogens is 468 g/mol. The summed E-state index contributed by atoms with van der Waals surface area (Å²) in [6.07, 6.45) is -5.64. The van der Waals surface area contributed by atoms with Crippen LogP contribution in [0.5, 0.6) is 0 Å². The van der Waals surface area contributed by atoms with Gasteiger partial charge in [-0.2, -0.15) is 0 Å². The maximum atomic E-state index is 12.1. The number of carboxylic acids is 3. The summed E-state index contributed by atoms with van der Waals surface area (Å²) in [6, 6.07) is 9.51. The lowest BCUT2D eigenvalue weighted by molar-refractivity contribution is -0.374. The number of carbonyl (C=O) groups is 3. The maximum absolute atomic E-state index is 12.1. The lowest BCUT2D eigenvalue weighted by Gasteiger charge is -2.48. The first-order valence-electron chi connectivity index (χ1n) is 10.9. The Morgan fingerprint density at radius 2 is 1.69 bits per heavy atom. The normalized spacial score (nSPS) is 35.5. The number of hydrogen-bond acceptors (Lipinski definition) is 9. The second-order valence-corrected chi connectivity index (χ2v) is 8.90. The fraction of sp³-hybridized carbons (Fsp3) is 0.522. The molecule has 2 bridgehead atoms. The second-order valence-electron chi connectivity index (χ2n) is 8.90. The summed E-state index contributed by atoms with van der Waals surface area (Å²) in [5, 5.41) is 70.6. The summed E-state index contributed by atoms with van der Waals surface area (Å²) in [5.41, 5.74) is -5.74. The Balaban J connectivity index is 1.92. The van der Waals surface area contributed by atoms with E-state index >= 15 is 0 Å². The minimum atomic E-state index is -3.77. The number of aliphatic carboxylic acids is 3. The van der Waals surface area contributed by atoms with Gasteiger partial charge in [-0.25, -0.2) is 14.4 Å². The number of rotatable bonds is 10. The van der Waals surface area contributed by atoms with Gasteiger partial charge in [-0.3, -0.25) is 0 Å². The van der Waals surface area contributed by atoms with Crippen LogP contribution in [-0.2, 0) is 30.3 Å². The van der Waals surface area contributed by atoms with Gasteiger partial charge >= 0.3 is 17.9 Å². The molecule has 1 aromatic carbocycles. The Labute approximate surface area is 199 Å². The van der Waals surface area contributed by atoms with Crippen molar-refractivity contribution in [2.24, 2.45) is 5.92 Å². The first-order chi connectivity index (χ1) is 16.4. The molecule has 0 saturated carbocycles. The van der Waals surface area contributed by atoms with Crippen LogP contribution in [0.1, 0.15) is 25.3 Å². The number of ether oxygens (including phenoxy) is 2. The number of fused-ring (bicyclic) bond motifs is 2. The van der Waals surface area contributed by atoms with Crippen molar-refractivity contribution in [1.82, 2.24) is 0 Å². The third kappa shape index (κ3) is 4.22. The molecule has 0 radical (unpaired) electrons. The number of hydrogen-bond donors (Lipinski definition) is 7. The van der Waals surface area contributed by atoms with Crippen LogP contribution in [0.15, 0.2) is 42.0 Å². The van der Waals surface area contributed by atoms with Crippen molar-refractivity contribution in [3.8, 4) is 0 Å². The highest BCUT2D eigenvalue weighted by molar-refractivity contribution is 5.97. The number of aliphatic hydroxyl groups excluding tert-OH is 3. The Hall–Kier alpha value is -2.87. The van der Waals surface area contributed by atoms with Crippen molar-refractivity contribution in [2.45, 2.75) is 61.5 Å². The zero-order valence-corrected chi connectivity index (χ0v) is 18.8. The predicted octanol–water partition coefficient (Wildman–Crippen LogP) is -0.865. The van der Waals surface area contributed by atoms with E-state index in [4.69, 9.17) is 9.47 Å². The second kappa shape index (κ2) is 9.64. The molecule has 0 spiro atoms.